The van der Waals surface area contributed by atoms with Crippen LogP contribution in [0.1, 0.15) is 92.4 Å². The fraction of sp³-hybridized carbons (Fsp3) is 0.788. The van der Waals surface area contributed by atoms with Gasteiger partial charge in [-0.3, -0.25) is 19.2 Å². The molecule has 5 amide bonds. The molecule has 4 atom stereocenters. The average molecular weight is 662 g/mol. The van der Waals surface area contributed by atoms with Gasteiger partial charge < -0.3 is 26.2 Å². The Morgan fingerprint density at radius 2 is 1.67 bits per heavy atom. The molecular formula is C33H51N5O7S. The van der Waals surface area contributed by atoms with E-state index in [1.54, 1.807) is 20.8 Å². The van der Waals surface area contributed by atoms with Gasteiger partial charge in [-0.05, 0) is 63.2 Å². The number of amides is 5. The van der Waals surface area contributed by atoms with Crippen LogP contribution in [0.4, 0.5) is 4.79 Å². The molecule has 0 aromatic carbocycles. The molecule has 4 aliphatic rings. The van der Waals surface area contributed by atoms with Gasteiger partial charge in [0.25, 0.3) is 5.91 Å². The van der Waals surface area contributed by atoms with Crippen molar-refractivity contribution in [3.05, 3.63) is 0 Å². The highest BCUT2D eigenvalue weighted by Gasteiger charge is 2.69. The van der Waals surface area contributed by atoms with Gasteiger partial charge in [-0.25, -0.2) is 13.2 Å². The zero-order valence-corrected chi connectivity index (χ0v) is 28.7. The van der Waals surface area contributed by atoms with Crippen molar-refractivity contribution in [2.24, 2.45) is 23.2 Å². The van der Waals surface area contributed by atoms with Crippen molar-refractivity contribution in [2.75, 3.05) is 25.4 Å². The van der Waals surface area contributed by atoms with Crippen LogP contribution < -0.4 is 21.3 Å². The third-order valence-electron chi connectivity index (χ3n) is 10.5. The number of Topliss-reactive ketones (excluding diaryl/α,β-unsaturated/α-hetero) is 1. The summed E-state index contributed by atoms with van der Waals surface area (Å²) in [7, 11) is -3.53. The quantitative estimate of drug-likeness (QED) is 0.132. The Hall–Kier alpha value is -3.14. The van der Waals surface area contributed by atoms with E-state index in [-0.39, 0.29) is 48.4 Å². The maximum absolute atomic E-state index is 13.8. The summed E-state index contributed by atoms with van der Waals surface area (Å²) in [6.45, 7) is 9.12. The number of hydrogen-bond acceptors (Lipinski definition) is 7. The minimum atomic E-state index is -3.53. The normalized spacial score (nSPS) is 25.3. The van der Waals surface area contributed by atoms with Crippen LogP contribution in [0.2, 0.25) is 0 Å². The van der Waals surface area contributed by atoms with Crippen LogP contribution in [0.5, 0.6) is 0 Å². The Balaban J connectivity index is 1.41. The molecule has 1 saturated heterocycles. The van der Waals surface area contributed by atoms with Gasteiger partial charge in [-0.1, -0.05) is 46.0 Å². The number of terminal acetylenes is 1. The Labute approximate surface area is 273 Å². The zero-order chi connectivity index (χ0) is 34.1. The van der Waals surface area contributed by atoms with Gasteiger partial charge in [0.2, 0.25) is 17.6 Å². The van der Waals surface area contributed by atoms with Crippen molar-refractivity contribution >= 4 is 39.4 Å². The van der Waals surface area contributed by atoms with Crippen LogP contribution in [-0.2, 0) is 29.0 Å². The molecule has 1 aliphatic heterocycles. The van der Waals surface area contributed by atoms with Crippen molar-refractivity contribution in [2.45, 2.75) is 115 Å². The molecule has 46 heavy (non-hydrogen) atoms. The summed E-state index contributed by atoms with van der Waals surface area (Å²) in [5.74, 6) is -0.0466. The van der Waals surface area contributed by atoms with E-state index in [0.29, 0.717) is 25.8 Å². The summed E-state index contributed by atoms with van der Waals surface area (Å²) in [6, 6.07) is -2.49. The molecule has 4 fully saturated rings. The predicted octanol–water partition coefficient (Wildman–Crippen LogP) is 1.68. The summed E-state index contributed by atoms with van der Waals surface area (Å²) in [6.07, 6.45) is 11.3. The monoisotopic (exact) mass is 661 g/mol. The molecule has 0 spiro atoms. The summed E-state index contributed by atoms with van der Waals surface area (Å²) in [4.78, 5) is 67.4. The van der Waals surface area contributed by atoms with Crippen molar-refractivity contribution < 1.29 is 32.4 Å². The van der Waals surface area contributed by atoms with Crippen LogP contribution in [-0.4, -0.2) is 90.6 Å². The highest BCUT2D eigenvalue weighted by Crippen LogP contribution is 2.64. The Morgan fingerprint density at radius 1 is 1.02 bits per heavy atom. The number of urea groups is 1. The lowest BCUT2D eigenvalue weighted by molar-refractivity contribution is -0.143. The maximum atomic E-state index is 13.8. The standard InChI is InChI=1S/C33H51N5O7S/c1-7-8-16-34-29(42)27(40)23(17-21-12-13-21)36-28(41)26-25-22(32(25,5)6)19-38(26)24(39)18-35-30(43)37-33(14-10-9-11-15-33)20-46(44,45)31(2,3)4/h1,21-23,25-26H,8-20H2,2-6H3,(H,34,42)(H,36,41)(H2,35,37,43)/t22-,23?,25-,26-/m0/s1. The van der Waals surface area contributed by atoms with Gasteiger partial charge in [0.15, 0.2) is 9.84 Å². The molecule has 0 bridgehead atoms. The number of nitrogens with zero attached hydrogens (tertiary/aromatic N) is 1. The molecule has 12 nitrogen and oxygen atoms in total. The summed E-state index contributed by atoms with van der Waals surface area (Å²) < 4.78 is 25.2. The van der Waals surface area contributed by atoms with Crippen LogP contribution in [0.15, 0.2) is 0 Å². The Morgan fingerprint density at radius 3 is 2.26 bits per heavy atom. The molecule has 256 valence electrons. The van der Waals surface area contributed by atoms with Crippen molar-refractivity contribution in [1.82, 2.24) is 26.2 Å². The Bertz CT molecular complexity index is 1370. The number of sulfone groups is 1. The molecule has 1 heterocycles. The molecule has 4 rings (SSSR count). The number of piperidine rings is 1. The zero-order valence-electron chi connectivity index (χ0n) is 27.9. The number of nitrogens with one attached hydrogen (secondary N) is 4. The van der Waals surface area contributed by atoms with Gasteiger partial charge in [-0.2, -0.15) is 0 Å². The molecule has 0 aromatic rings. The van der Waals surface area contributed by atoms with E-state index < -0.39 is 61.7 Å². The molecule has 3 aliphatic carbocycles. The van der Waals surface area contributed by atoms with Crippen molar-refractivity contribution in [1.29, 1.82) is 0 Å². The van der Waals surface area contributed by atoms with Gasteiger partial charge >= 0.3 is 6.03 Å². The smallest absolute Gasteiger partial charge is 0.315 e. The van der Waals surface area contributed by atoms with E-state index in [1.807, 2.05) is 13.8 Å². The molecule has 4 N–H and O–H groups in total. The fourth-order valence-electron chi connectivity index (χ4n) is 7.17. The maximum Gasteiger partial charge on any atom is 0.315 e. The second-order valence-corrected chi connectivity index (χ2v) is 18.0. The molecule has 0 aromatic heterocycles. The lowest BCUT2D eigenvalue weighted by Gasteiger charge is -2.39. The van der Waals surface area contributed by atoms with E-state index >= 15 is 0 Å². The lowest BCUT2D eigenvalue weighted by atomic mass is 9.83. The molecule has 1 unspecified atom stereocenters. The number of fused-ring (bicyclic) bond motifs is 1. The molecular weight excluding hydrogens is 610 g/mol. The molecule has 13 heteroatoms. The van der Waals surface area contributed by atoms with Crippen molar-refractivity contribution in [3.8, 4) is 12.3 Å². The van der Waals surface area contributed by atoms with Crippen LogP contribution in [0, 0.1) is 35.5 Å². The average Bonchev–Trinajstić information content (AvgIpc) is 3.82. The van der Waals surface area contributed by atoms with Crippen LogP contribution >= 0.6 is 0 Å². The number of likely N-dealkylation sites (tertiary alicyclic amines) is 1. The van der Waals surface area contributed by atoms with Crippen LogP contribution in [0.3, 0.4) is 0 Å². The van der Waals surface area contributed by atoms with Gasteiger partial charge in [0.1, 0.15) is 6.04 Å². The van der Waals surface area contributed by atoms with E-state index in [1.165, 1.54) is 4.90 Å². The predicted molar refractivity (Wildman–Crippen MR) is 173 cm³/mol. The first-order valence-electron chi connectivity index (χ1n) is 16.6. The number of ketones is 1. The third kappa shape index (κ3) is 8.04. The number of rotatable bonds is 13. The van der Waals surface area contributed by atoms with E-state index in [9.17, 15) is 32.4 Å². The van der Waals surface area contributed by atoms with Gasteiger partial charge in [0, 0.05) is 19.5 Å². The number of carbonyl (C=O) groups is 5. The van der Waals surface area contributed by atoms with E-state index in [0.717, 1.165) is 32.1 Å². The minimum Gasteiger partial charge on any atom is -0.348 e. The van der Waals surface area contributed by atoms with Gasteiger partial charge in [-0.15, -0.1) is 12.3 Å². The largest absolute Gasteiger partial charge is 0.348 e. The second kappa shape index (κ2) is 13.5. The second-order valence-electron chi connectivity index (χ2n) is 15.3. The minimum absolute atomic E-state index is 0.0822. The molecule has 0 radical (unpaired) electrons. The first-order chi connectivity index (χ1) is 21.4. The highest BCUT2D eigenvalue weighted by molar-refractivity contribution is 7.92. The number of hydrogen-bond donors (Lipinski definition) is 4. The first-order valence-corrected chi connectivity index (χ1v) is 18.2. The lowest BCUT2D eigenvalue weighted by Crippen LogP contribution is -2.59. The topological polar surface area (TPSA) is 171 Å². The Kier molecular flexibility index (Phi) is 10.5. The molecule has 3 saturated carbocycles. The highest BCUT2D eigenvalue weighted by atomic mass is 32.2. The van der Waals surface area contributed by atoms with Crippen molar-refractivity contribution in [3.63, 3.8) is 0 Å². The first kappa shape index (κ1) is 35.7. The fourth-order valence-corrected chi connectivity index (χ4v) is 8.69. The SMILES string of the molecule is C#CCCNC(=O)C(=O)C(CC1CC1)NC(=O)[C@@H]1[C@@H]2[C@H](CN1C(=O)CNC(=O)NC1(CS(=O)(=O)C(C)(C)C)CCCCC1)C2(C)C. The van der Waals surface area contributed by atoms with Gasteiger partial charge in [0.05, 0.1) is 28.6 Å². The number of carbonyl (C=O) groups excluding carboxylic acids is 5. The summed E-state index contributed by atoms with van der Waals surface area (Å²) in [5.41, 5.74) is -1.10. The third-order valence-corrected chi connectivity index (χ3v) is 13.3. The summed E-state index contributed by atoms with van der Waals surface area (Å²) >= 11 is 0. The summed E-state index contributed by atoms with van der Waals surface area (Å²) in [5, 5.41) is 10.8. The van der Waals surface area contributed by atoms with Crippen LogP contribution in [0.25, 0.3) is 0 Å². The van der Waals surface area contributed by atoms with E-state index in [2.05, 4.69) is 27.2 Å². The van der Waals surface area contributed by atoms with E-state index in [4.69, 9.17) is 6.42 Å².